The van der Waals surface area contributed by atoms with E-state index in [1.54, 1.807) is 6.20 Å². The highest BCUT2D eigenvalue weighted by Gasteiger charge is 2.48. The summed E-state index contributed by atoms with van der Waals surface area (Å²) in [4.78, 5) is 22.6. The maximum atomic E-state index is 15.0. The lowest BCUT2D eigenvalue weighted by atomic mass is 9.57. The predicted molar refractivity (Wildman–Crippen MR) is 179 cm³/mol. The highest BCUT2D eigenvalue weighted by molar-refractivity contribution is 5.90. The Morgan fingerprint density at radius 3 is 2.02 bits per heavy atom. The van der Waals surface area contributed by atoms with Gasteiger partial charge in [0.2, 0.25) is 5.82 Å². The van der Waals surface area contributed by atoms with Crippen LogP contribution in [-0.2, 0) is 21.5 Å². The van der Waals surface area contributed by atoms with Crippen LogP contribution in [0.3, 0.4) is 0 Å². The number of fused-ring (bicyclic) bond motifs is 4. The van der Waals surface area contributed by atoms with Gasteiger partial charge in [0.25, 0.3) is 0 Å². The van der Waals surface area contributed by atoms with Crippen LogP contribution in [0.2, 0.25) is 0 Å². The summed E-state index contributed by atoms with van der Waals surface area (Å²) < 4.78 is 22.2. The van der Waals surface area contributed by atoms with Crippen LogP contribution < -0.4 is 0 Å². The second kappa shape index (κ2) is 12.4. The smallest absolute Gasteiger partial charge is 0.309 e. The number of rotatable bonds is 8. The third-order valence-electron chi connectivity index (χ3n) is 10.5. The molecule has 0 unspecified atom stereocenters. The van der Waals surface area contributed by atoms with E-state index in [0.717, 1.165) is 48.1 Å². The van der Waals surface area contributed by atoms with Crippen molar-refractivity contribution in [1.82, 2.24) is 29.9 Å². The molecule has 0 spiro atoms. The Kier molecular flexibility index (Phi) is 7.75. The fourth-order valence-corrected chi connectivity index (χ4v) is 8.43. The molecule has 8 nitrogen and oxygen atoms in total. The molecule has 9 heteroatoms. The third-order valence-corrected chi connectivity index (χ3v) is 10.5. The van der Waals surface area contributed by atoms with Crippen molar-refractivity contribution in [2.75, 3.05) is 7.11 Å². The predicted octanol–water partition coefficient (Wildman–Crippen LogP) is 7.03. The van der Waals surface area contributed by atoms with Crippen LogP contribution in [0, 0.1) is 29.5 Å². The number of aromatic nitrogens is 6. The number of nitrogens with zero attached hydrogens (tertiary/aromatic N) is 6. The molecule has 3 aliphatic carbocycles. The molecule has 48 heavy (non-hydrogen) atoms. The highest BCUT2D eigenvalue weighted by Crippen LogP contribution is 2.50. The van der Waals surface area contributed by atoms with Crippen LogP contribution in [-0.4, -0.2) is 43.0 Å². The Hall–Kier alpha value is -5.31. The van der Waals surface area contributed by atoms with Gasteiger partial charge in [0.15, 0.2) is 5.65 Å². The van der Waals surface area contributed by atoms with Gasteiger partial charge in [0.05, 0.1) is 36.5 Å². The number of pyridine rings is 1. The zero-order valence-corrected chi connectivity index (χ0v) is 26.6. The van der Waals surface area contributed by atoms with Crippen LogP contribution in [0.4, 0.5) is 4.39 Å². The summed E-state index contributed by atoms with van der Waals surface area (Å²) in [6, 6.07) is 31.9. The maximum Gasteiger partial charge on any atom is 0.309 e. The summed E-state index contributed by atoms with van der Waals surface area (Å²) in [5, 5.41) is 14.5. The number of carbonyl (C=O) groups is 1. The summed E-state index contributed by atoms with van der Waals surface area (Å²) >= 11 is 0. The van der Waals surface area contributed by atoms with E-state index in [1.807, 2.05) is 59.3 Å². The van der Waals surface area contributed by atoms with Gasteiger partial charge in [-0.2, -0.15) is 10.2 Å². The maximum absolute atomic E-state index is 15.0. The quantitative estimate of drug-likeness (QED) is 0.130. The minimum atomic E-state index is -0.981. The molecule has 3 saturated carbocycles. The molecular formula is C39H35FN6O2. The molecule has 3 aromatic carbocycles. The fraction of sp³-hybridized carbons (Fsp3) is 0.282. The minimum Gasteiger partial charge on any atom is -0.469 e. The van der Waals surface area contributed by atoms with Gasteiger partial charge >= 0.3 is 5.97 Å². The molecule has 0 amide bonds. The first kappa shape index (κ1) is 30.1. The number of esters is 1. The van der Waals surface area contributed by atoms with E-state index in [1.165, 1.54) is 19.4 Å². The Morgan fingerprint density at radius 1 is 0.854 bits per heavy atom. The van der Waals surface area contributed by atoms with E-state index >= 15 is 4.39 Å². The van der Waals surface area contributed by atoms with Gasteiger partial charge in [-0.25, -0.2) is 19.0 Å². The van der Waals surface area contributed by atoms with Crippen molar-refractivity contribution in [1.29, 1.82) is 0 Å². The molecule has 3 aromatic heterocycles. The summed E-state index contributed by atoms with van der Waals surface area (Å²) in [5.74, 6) is 0.379. The van der Waals surface area contributed by atoms with Crippen molar-refractivity contribution >= 4 is 17.0 Å². The van der Waals surface area contributed by atoms with E-state index in [9.17, 15) is 4.79 Å². The SMILES string of the molecule is COC(=O)[C@H]1C2CCC(CC2)[C@@H]1Cc1cnnc(-c2nn(C(c3ccccc3)(c3ccccc3)c3ccccc3)c3ncc(F)cc23)n1. The standard InChI is InChI=1S/C39H35FN6O2/c1-48-38(47)34-26-19-17-25(18-20-26)32(34)22-31-24-42-44-36(43-31)35-33-21-30(40)23-41-37(33)46(45-35)39(27-11-5-2-6-12-27,28-13-7-3-8-14-28)29-15-9-4-10-16-29/h2-16,21,23-26,32,34H,17-20,22H2,1H3/t25?,26?,32-,34-/m0/s1. The number of carbonyl (C=O) groups excluding carboxylic acids is 1. The lowest BCUT2D eigenvalue weighted by Crippen LogP contribution is -2.45. The molecule has 6 aromatic rings. The number of hydrogen-bond acceptors (Lipinski definition) is 7. The first-order chi connectivity index (χ1) is 23.6. The molecule has 0 radical (unpaired) electrons. The number of ether oxygens (including phenoxy) is 1. The van der Waals surface area contributed by atoms with Gasteiger partial charge in [0, 0.05) is 0 Å². The fourth-order valence-electron chi connectivity index (χ4n) is 8.43. The van der Waals surface area contributed by atoms with Gasteiger partial charge in [-0.3, -0.25) is 4.79 Å². The third kappa shape index (κ3) is 4.96. The number of methoxy groups -OCH3 is 1. The Bertz CT molecular complexity index is 1970. The summed E-state index contributed by atoms with van der Waals surface area (Å²) in [7, 11) is 1.47. The highest BCUT2D eigenvalue weighted by atomic mass is 19.1. The minimum absolute atomic E-state index is 0.116. The van der Waals surface area contributed by atoms with Gasteiger partial charge in [-0.05, 0) is 72.6 Å². The first-order valence-corrected chi connectivity index (χ1v) is 16.6. The first-order valence-electron chi connectivity index (χ1n) is 16.6. The molecule has 0 N–H and O–H groups in total. The monoisotopic (exact) mass is 638 g/mol. The van der Waals surface area contributed by atoms with Gasteiger partial charge in [0.1, 0.15) is 17.1 Å². The van der Waals surface area contributed by atoms with E-state index in [2.05, 4.69) is 51.6 Å². The van der Waals surface area contributed by atoms with Gasteiger partial charge < -0.3 is 4.74 Å². The molecule has 2 atom stereocenters. The normalized spacial score (nSPS) is 20.5. The molecule has 2 bridgehead atoms. The van der Waals surface area contributed by atoms with Gasteiger partial charge in [-0.1, -0.05) is 91.0 Å². The number of halogens is 1. The molecule has 0 aliphatic heterocycles. The lowest BCUT2D eigenvalue weighted by Gasteiger charge is -2.47. The van der Waals surface area contributed by atoms with Crippen molar-refractivity contribution in [2.45, 2.75) is 37.6 Å². The van der Waals surface area contributed by atoms with Crippen LogP contribution in [0.25, 0.3) is 22.6 Å². The molecule has 3 aliphatic rings. The summed E-state index contributed by atoms with van der Waals surface area (Å²) in [5.41, 5.74) is 3.47. The molecule has 240 valence electrons. The Morgan fingerprint density at radius 2 is 1.44 bits per heavy atom. The Balaban J connectivity index is 1.32. The average Bonchev–Trinajstić information content (AvgIpc) is 3.52. The second-order valence-electron chi connectivity index (χ2n) is 13.0. The summed E-state index contributed by atoms with van der Waals surface area (Å²) in [6.07, 6.45) is 7.79. The average molecular weight is 639 g/mol. The number of benzene rings is 3. The topological polar surface area (TPSA) is 95.7 Å². The Labute approximate surface area is 278 Å². The van der Waals surface area contributed by atoms with Crippen molar-refractivity contribution < 1.29 is 13.9 Å². The second-order valence-corrected chi connectivity index (χ2v) is 13.0. The van der Waals surface area contributed by atoms with Crippen molar-refractivity contribution in [3.8, 4) is 11.5 Å². The molecule has 3 heterocycles. The van der Waals surface area contributed by atoms with Crippen LogP contribution in [0.15, 0.2) is 109 Å². The summed E-state index contributed by atoms with van der Waals surface area (Å²) in [6.45, 7) is 0. The van der Waals surface area contributed by atoms with Crippen LogP contribution in [0.1, 0.15) is 48.1 Å². The molecule has 0 saturated heterocycles. The van der Waals surface area contributed by atoms with E-state index in [4.69, 9.17) is 14.8 Å². The van der Waals surface area contributed by atoms with E-state index in [-0.39, 0.29) is 23.6 Å². The van der Waals surface area contributed by atoms with Crippen molar-refractivity contribution in [3.63, 3.8) is 0 Å². The largest absolute Gasteiger partial charge is 0.469 e. The van der Waals surface area contributed by atoms with Gasteiger partial charge in [-0.15, -0.1) is 5.10 Å². The lowest BCUT2D eigenvalue weighted by molar-refractivity contribution is -0.156. The zero-order chi connectivity index (χ0) is 32.7. The molecule has 9 rings (SSSR count). The zero-order valence-electron chi connectivity index (χ0n) is 26.6. The van der Waals surface area contributed by atoms with E-state index < -0.39 is 11.4 Å². The molecular weight excluding hydrogens is 603 g/mol. The van der Waals surface area contributed by atoms with E-state index in [0.29, 0.717) is 35.0 Å². The van der Waals surface area contributed by atoms with Crippen molar-refractivity contribution in [2.24, 2.45) is 23.7 Å². The van der Waals surface area contributed by atoms with Crippen LogP contribution in [0.5, 0.6) is 0 Å². The molecule has 3 fully saturated rings. The van der Waals surface area contributed by atoms with Crippen LogP contribution >= 0.6 is 0 Å². The van der Waals surface area contributed by atoms with Crippen molar-refractivity contribution in [3.05, 3.63) is 138 Å². The number of hydrogen-bond donors (Lipinski definition) is 0.